The summed E-state index contributed by atoms with van der Waals surface area (Å²) < 4.78 is 16.6. The predicted molar refractivity (Wildman–Crippen MR) is 107 cm³/mol. The molecule has 1 amide bonds. The fourth-order valence-electron chi connectivity index (χ4n) is 2.41. The average Bonchev–Trinajstić information content (AvgIpc) is 2.64. The molecule has 0 spiro atoms. The van der Waals surface area contributed by atoms with Crippen LogP contribution in [0.2, 0.25) is 10.0 Å². The van der Waals surface area contributed by atoms with Crippen LogP contribution in [0.5, 0.6) is 17.2 Å². The van der Waals surface area contributed by atoms with Crippen LogP contribution in [0.1, 0.15) is 19.4 Å². The molecule has 0 radical (unpaired) electrons. The Balaban J connectivity index is 1.83. The lowest BCUT2D eigenvalue weighted by molar-refractivity contribution is -0.123. The summed E-state index contributed by atoms with van der Waals surface area (Å²) in [4.78, 5) is 12.0. The quantitative estimate of drug-likeness (QED) is 0.623. The lowest BCUT2D eigenvalue weighted by Crippen LogP contribution is -2.30. The maximum Gasteiger partial charge on any atom is 0.257 e. The van der Waals surface area contributed by atoms with Crippen molar-refractivity contribution >= 4 is 29.1 Å². The van der Waals surface area contributed by atoms with E-state index in [0.29, 0.717) is 47.7 Å². The number of carbonyl (C=O) groups excluding carboxylic acids is 1. The van der Waals surface area contributed by atoms with Crippen LogP contribution in [0.3, 0.4) is 0 Å². The monoisotopic (exact) mass is 411 g/mol. The van der Waals surface area contributed by atoms with E-state index in [1.54, 1.807) is 18.2 Å². The first kappa shape index (κ1) is 21.2. The van der Waals surface area contributed by atoms with Gasteiger partial charge in [-0.3, -0.25) is 4.79 Å². The van der Waals surface area contributed by atoms with Gasteiger partial charge < -0.3 is 19.5 Å². The largest absolute Gasteiger partial charge is 0.490 e. The number of carbonyl (C=O) groups is 1. The molecule has 1 N–H and O–H groups in total. The van der Waals surface area contributed by atoms with Gasteiger partial charge >= 0.3 is 0 Å². The fourth-order valence-corrected chi connectivity index (χ4v) is 2.91. The second-order valence-corrected chi connectivity index (χ2v) is 6.40. The lowest BCUT2D eigenvalue weighted by Gasteiger charge is -2.13. The molecule has 2 rings (SSSR count). The van der Waals surface area contributed by atoms with Gasteiger partial charge in [0.15, 0.2) is 23.9 Å². The number of amides is 1. The van der Waals surface area contributed by atoms with Gasteiger partial charge in [-0.15, -0.1) is 0 Å². The van der Waals surface area contributed by atoms with Crippen molar-refractivity contribution in [1.82, 2.24) is 5.32 Å². The Labute approximate surface area is 169 Å². The summed E-state index contributed by atoms with van der Waals surface area (Å²) in [7, 11) is 0. The SMILES string of the molecule is CCOc1ccc(CCNC(=O)COc2c(Cl)cccc2Cl)cc1OCC. The van der Waals surface area contributed by atoms with Gasteiger partial charge in [0.25, 0.3) is 5.91 Å². The number of para-hydroxylation sites is 1. The van der Waals surface area contributed by atoms with Gasteiger partial charge in [-0.25, -0.2) is 0 Å². The van der Waals surface area contributed by atoms with E-state index in [2.05, 4.69) is 5.32 Å². The molecule has 0 fully saturated rings. The number of ether oxygens (including phenoxy) is 3. The Morgan fingerprint density at radius 1 is 0.963 bits per heavy atom. The zero-order chi connectivity index (χ0) is 19.6. The molecule has 27 heavy (non-hydrogen) atoms. The van der Waals surface area contributed by atoms with Crippen molar-refractivity contribution in [2.45, 2.75) is 20.3 Å². The van der Waals surface area contributed by atoms with E-state index in [-0.39, 0.29) is 12.5 Å². The molecule has 146 valence electrons. The standard InChI is InChI=1S/C20H23Cl2NO4/c1-3-25-17-9-8-14(12-18(17)26-4-2)10-11-23-19(24)13-27-20-15(21)6-5-7-16(20)22/h5-9,12H,3-4,10-11,13H2,1-2H3,(H,23,24). The van der Waals surface area contributed by atoms with Gasteiger partial charge in [0.2, 0.25) is 0 Å². The lowest BCUT2D eigenvalue weighted by atomic mass is 10.1. The minimum atomic E-state index is -0.248. The topological polar surface area (TPSA) is 56.8 Å². The van der Waals surface area contributed by atoms with E-state index < -0.39 is 0 Å². The van der Waals surface area contributed by atoms with Crippen LogP contribution < -0.4 is 19.5 Å². The summed E-state index contributed by atoms with van der Waals surface area (Å²) >= 11 is 12.0. The van der Waals surface area contributed by atoms with Gasteiger partial charge in [0.05, 0.1) is 23.3 Å². The summed E-state index contributed by atoms with van der Waals surface area (Å²) in [5.74, 6) is 1.49. The molecule has 0 aromatic heterocycles. The molecular weight excluding hydrogens is 389 g/mol. The highest BCUT2D eigenvalue weighted by Gasteiger charge is 2.10. The maximum absolute atomic E-state index is 12.0. The Kier molecular flexibility index (Phi) is 8.55. The number of benzene rings is 2. The summed E-state index contributed by atoms with van der Waals surface area (Å²) in [6.07, 6.45) is 0.658. The number of rotatable bonds is 10. The van der Waals surface area contributed by atoms with Gasteiger partial charge in [-0.05, 0) is 50.1 Å². The van der Waals surface area contributed by atoms with Crippen LogP contribution in [0, 0.1) is 0 Å². The normalized spacial score (nSPS) is 10.4. The first-order chi connectivity index (χ1) is 13.0. The van der Waals surface area contributed by atoms with Crippen molar-refractivity contribution in [3.63, 3.8) is 0 Å². The number of hydrogen-bond donors (Lipinski definition) is 1. The van der Waals surface area contributed by atoms with Crippen LogP contribution in [-0.2, 0) is 11.2 Å². The average molecular weight is 412 g/mol. The molecule has 0 saturated carbocycles. The third-order valence-electron chi connectivity index (χ3n) is 3.61. The van der Waals surface area contributed by atoms with Gasteiger partial charge in [-0.1, -0.05) is 35.3 Å². The zero-order valence-electron chi connectivity index (χ0n) is 15.4. The van der Waals surface area contributed by atoms with Gasteiger partial charge in [0.1, 0.15) is 0 Å². The molecule has 0 atom stereocenters. The van der Waals surface area contributed by atoms with E-state index >= 15 is 0 Å². The van der Waals surface area contributed by atoms with Crippen LogP contribution in [-0.4, -0.2) is 32.3 Å². The van der Waals surface area contributed by atoms with Crippen molar-refractivity contribution in [2.75, 3.05) is 26.4 Å². The zero-order valence-corrected chi connectivity index (χ0v) is 16.9. The smallest absolute Gasteiger partial charge is 0.257 e. The third-order valence-corrected chi connectivity index (χ3v) is 4.21. The highest BCUT2D eigenvalue weighted by atomic mass is 35.5. The Bertz CT molecular complexity index is 747. The van der Waals surface area contributed by atoms with Crippen molar-refractivity contribution in [2.24, 2.45) is 0 Å². The van der Waals surface area contributed by atoms with Crippen LogP contribution in [0.15, 0.2) is 36.4 Å². The highest BCUT2D eigenvalue weighted by Crippen LogP contribution is 2.32. The van der Waals surface area contributed by atoms with Crippen molar-refractivity contribution in [3.8, 4) is 17.2 Å². The summed E-state index contributed by atoms with van der Waals surface area (Å²) in [6.45, 7) is 5.30. The minimum Gasteiger partial charge on any atom is -0.490 e. The molecule has 2 aromatic rings. The van der Waals surface area contributed by atoms with Crippen LogP contribution >= 0.6 is 23.2 Å². The van der Waals surface area contributed by atoms with E-state index in [4.69, 9.17) is 37.4 Å². The first-order valence-corrected chi connectivity index (χ1v) is 9.52. The molecule has 0 aliphatic carbocycles. The molecule has 7 heteroatoms. The van der Waals surface area contributed by atoms with Crippen molar-refractivity contribution in [1.29, 1.82) is 0 Å². The second kappa shape index (κ2) is 10.9. The fraction of sp³-hybridized carbons (Fsp3) is 0.350. The number of nitrogens with one attached hydrogen (secondary N) is 1. The molecule has 0 heterocycles. The Morgan fingerprint density at radius 2 is 1.63 bits per heavy atom. The summed E-state index contributed by atoms with van der Waals surface area (Å²) in [5.41, 5.74) is 1.04. The number of hydrogen-bond acceptors (Lipinski definition) is 4. The van der Waals surface area contributed by atoms with Crippen LogP contribution in [0.25, 0.3) is 0 Å². The van der Waals surface area contributed by atoms with E-state index in [1.165, 1.54) is 0 Å². The summed E-state index contributed by atoms with van der Waals surface area (Å²) in [6, 6.07) is 10.8. The van der Waals surface area contributed by atoms with Crippen molar-refractivity contribution < 1.29 is 19.0 Å². The molecule has 0 aliphatic rings. The van der Waals surface area contributed by atoms with Gasteiger partial charge in [0, 0.05) is 6.54 Å². The number of halogens is 2. The maximum atomic E-state index is 12.0. The van der Waals surface area contributed by atoms with Gasteiger partial charge in [-0.2, -0.15) is 0 Å². The second-order valence-electron chi connectivity index (χ2n) is 5.59. The highest BCUT2D eigenvalue weighted by molar-refractivity contribution is 6.37. The molecule has 0 bridgehead atoms. The molecule has 0 saturated heterocycles. The first-order valence-electron chi connectivity index (χ1n) is 8.77. The molecular formula is C20H23Cl2NO4. The van der Waals surface area contributed by atoms with Crippen molar-refractivity contribution in [3.05, 3.63) is 52.0 Å². The van der Waals surface area contributed by atoms with E-state index in [9.17, 15) is 4.79 Å². The Morgan fingerprint density at radius 3 is 2.30 bits per heavy atom. The molecule has 2 aromatic carbocycles. The molecule has 0 aliphatic heterocycles. The summed E-state index contributed by atoms with van der Waals surface area (Å²) in [5, 5.41) is 3.55. The Hall–Kier alpha value is -2.11. The van der Waals surface area contributed by atoms with E-state index in [0.717, 1.165) is 11.3 Å². The molecule has 0 unspecified atom stereocenters. The molecule has 5 nitrogen and oxygen atoms in total. The predicted octanol–water partition coefficient (Wildman–Crippen LogP) is 4.53. The van der Waals surface area contributed by atoms with E-state index in [1.807, 2.05) is 32.0 Å². The minimum absolute atomic E-state index is 0.156. The van der Waals surface area contributed by atoms with Crippen LogP contribution in [0.4, 0.5) is 0 Å². The third kappa shape index (κ3) is 6.52.